The van der Waals surface area contributed by atoms with Crippen molar-refractivity contribution < 1.29 is 4.79 Å². The van der Waals surface area contributed by atoms with Crippen molar-refractivity contribution in [3.8, 4) is 0 Å². The first kappa shape index (κ1) is 13.4. The van der Waals surface area contributed by atoms with Crippen molar-refractivity contribution in [1.29, 1.82) is 0 Å². The fourth-order valence-corrected chi connectivity index (χ4v) is 2.91. The van der Waals surface area contributed by atoms with Gasteiger partial charge in [-0.1, -0.05) is 23.8 Å². The van der Waals surface area contributed by atoms with Crippen LogP contribution >= 0.6 is 22.6 Å². The maximum absolute atomic E-state index is 12.6. The van der Waals surface area contributed by atoms with Crippen LogP contribution in [0, 0.1) is 10.5 Å². The number of carbonyl (C=O) groups is 1. The van der Waals surface area contributed by atoms with Crippen LogP contribution in [0.5, 0.6) is 0 Å². The summed E-state index contributed by atoms with van der Waals surface area (Å²) >= 11 is 2.27. The molecule has 3 nitrogen and oxygen atoms in total. The van der Waals surface area contributed by atoms with Crippen molar-refractivity contribution in [2.24, 2.45) is 0 Å². The highest BCUT2D eigenvalue weighted by molar-refractivity contribution is 14.1. The van der Waals surface area contributed by atoms with Crippen LogP contribution in [0.3, 0.4) is 0 Å². The monoisotopic (exact) mass is 378 g/mol. The van der Waals surface area contributed by atoms with Gasteiger partial charge in [0.25, 0.3) is 0 Å². The molecule has 0 aromatic heterocycles. The van der Waals surface area contributed by atoms with Gasteiger partial charge in [-0.3, -0.25) is 9.80 Å². The van der Waals surface area contributed by atoms with E-state index < -0.39 is 0 Å². The molecule has 1 aliphatic rings. The van der Waals surface area contributed by atoms with E-state index in [4.69, 9.17) is 0 Å². The zero-order valence-corrected chi connectivity index (χ0v) is 13.4. The van der Waals surface area contributed by atoms with Crippen molar-refractivity contribution in [2.75, 3.05) is 22.9 Å². The van der Waals surface area contributed by atoms with Crippen LogP contribution < -0.4 is 9.80 Å². The highest BCUT2D eigenvalue weighted by Gasteiger charge is 2.30. The number of halogens is 1. The Morgan fingerprint density at radius 2 is 1.60 bits per heavy atom. The first-order chi connectivity index (χ1) is 9.65. The Balaban J connectivity index is 1.85. The van der Waals surface area contributed by atoms with Gasteiger partial charge in [0.15, 0.2) is 0 Å². The maximum Gasteiger partial charge on any atom is 0.329 e. The highest BCUT2D eigenvalue weighted by Crippen LogP contribution is 2.26. The summed E-state index contributed by atoms with van der Waals surface area (Å²) in [4.78, 5) is 16.2. The summed E-state index contributed by atoms with van der Waals surface area (Å²) in [6, 6.07) is 16.2. The molecule has 1 fully saturated rings. The molecule has 1 heterocycles. The van der Waals surface area contributed by atoms with Gasteiger partial charge in [-0.2, -0.15) is 0 Å². The lowest BCUT2D eigenvalue weighted by molar-refractivity contribution is 0.256. The van der Waals surface area contributed by atoms with E-state index in [1.54, 1.807) is 0 Å². The molecule has 0 bridgehead atoms. The standard InChI is InChI=1S/C16H15IN2O/c1-12-5-7-14(8-6-12)18-9-10-19(16(18)20)15-4-2-3-13(17)11-15/h2-8,11H,9-10H2,1H3. The molecular weight excluding hydrogens is 363 g/mol. The lowest BCUT2D eigenvalue weighted by atomic mass is 10.2. The number of anilines is 2. The van der Waals surface area contributed by atoms with E-state index in [-0.39, 0.29) is 6.03 Å². The Morgan fingerprint density at radius 1 is 0.950 bits per heavy atom. The Bertz CT molecular complexity index is 639. The van der Waals surface area contributed by atoms with Crippen LogP contribution in [0.1, 0.15) is 5.56 Å². The first-order valence-electron chi connectivity index (χ1n) is 6.56. The Labute approximate surface area is 132 Å². The fourth-order valence-electron chi connectivity index (χ4n) is 2.38. The van der Waals surface area contributed by atoms with Crippen LogP contribution in [0.25, 0.3) is 0 Å². The van der Waals surface area contributed by atoms with Crippen molar-refractivity contribution in [2.45, 2.75) is 6.92 Å². The third-order valence-electron chi connectivity index (χ3n) is 3.47. The summed E-state index contributed by atoms with van der Waals surface area (Å²) in [6.45, 7) is 3.51. The molecule has 0 unspecified atom stereocenters. The second-order valence-electron chi connectivity index (χ2n) is 4.90. The first-order valence-corrected chi connectivity index (χ1v) is 7.64. The molecule has 0 radical (unpaired) electrons. The predicted octanol–water partition coefficient (Wildman–Crippen LogP) is 4.05. The number of hydrogen-bond acceptors (Lipinski definition) is 1. The number of benzene rings is 2. The molecule has 0 N–H and O–H groups in total. The zero-order valence-electron chi connectivity index (χ0n) is 11.2. The Morgan fingerprint density at radius 3 is 2.25 bits per heavy atom. The normalized spacial score (nSPS) is 15.0. The van der Waals surface area contributed by atoms with Gasteiger partial charge < -0.3 is 0 Å². The fraction of sp³-hybridized carbons (Fsp3) is 0.188. The molecule has 0 atom stereocenters. The summed E-state index contributed by atoms with van der Waals surface area (Å²) in [5.74, 6) is 0. The van der Waals surface area contributed by atoms with E-state index in [1.807, 2.05) is 65.3 Å². The van der Waals surface area contributed by atoms with E-state index in [9.17, 15) is 4.79 Å². The van der Waals surface area contributed by atoms with Gasteiger partial charge in [0.2, 0.25) is 0 Å². The van der Waals surface area contributed by atoms with Crippen LogP contribution in [-0.2, 0) is 0 Å². The zero-order chi connectivity index (χ0) is 14.1. The van der Waals surface area contributed by atoms with Crippen molar-refractivity contribution >= 4 is 40.0 Å². The Hall–Kier alpha value is -1.56. The summed E-state index contributed by atoms with van der Waals surface area (Å²) in [5, 5.41) is 0. The molecular formula is C16H15IN2O. The molecule has 102 valence electrons. The van der Waals surface area contributed by atoms with Gasteiger partial charge >= 0.3 is 6.03 Å². The summed E-state index contributed by atoms with van der Waals surface area (Å²) < 4.78 is 1.14. The van der Waals surface area contributed by atoms with E-state index in [2.05, 4.69) is 22.6 Å². The molecule has 20 heavy (non-hydrogen) atoms. The van der Waals surface area contributed by atoms with Crippen molar-refractivity contribution in [3.63, 3.8) is 0 Å². The van der Waals surface area contributed by atoms with Gasteiger partial charge in [0.1, 0.15) is 0 Å². The minimum Gasteiger partial charge on any atom is -0.292 e. The molecule has 1 saturated heterocycles. The average Bonchev–Trinajstić information content (AvgIpc) is 2.82. The summed E-state index contributed by atoms with van der Waals surface area (Å²) in [5.41, 5.74) is 3.14. The lowest BCUT2D eigenvalue weighted by Crippen LogP contribution is -2.31. The number of hydrogen-bond donors (Lipinski definition) is 0. The third-order valence-corrected chi connectivity index (χ3v) is 4.15. The van der Waals surface area contributed by atoms with Gasteiger partial charge in [-0.25, -0.2) is 4.79 Å². The van der Waals surface area contributed by atoms with Crippen LogP contribution in [0.2, 0.25) is 0 Å². The number of aryl methyl sites for hydroxylation is 1. The largest absolute Gasteiger partial charge is 0.329 e. The smallest absolute Gasteiger partial charge is 0.292 e. The van der Waals surface area contributed by atoms with Crippen LogP contribution in [0.15, 0.2) is 48.5 Å². The second-order valence-corrected chi connectivity index (χ2v) is 6.15. The Kier molecular flexibility index (Phi) is 3.65. The average molecular weight is 378 g/mol. The van der Waals surface area contributed by atoms with E-state index in [0.717, 1.165) is 28.0 Å². The molecule has 3 rings (SSSR count). The van der Waals surface area contributed by atoms with Gasteiger partial charge in [0.05, 0.1) is 0 Å². The number of nitrogens with zero attached hydrogens (tertiary/aromatic N) is 2. The summed E-state index contributed by atoms with van der Waals surface area (Å²) in [7, 11) is 0. The van der Waals surface area contributed by atoms with E-state index >= 15 is 0 Å². The second kappa shape index (κ2) is 5.44. The molecule has 0 spiro atoms. The van der Waals surface area contributed by atoms with Gasteiger partial charge in [-0.05, 0) is 59.8 Å². The van der Waals surface area contributed by atoms with E-state index in [0.29, 0.717) is 0 Å². The van der Waals surface area contributed by atoms with Gasteiger partial charge in [0, 0.05) is 28.0 Å². The minimum atomic E-state index is 0.0517. The molecule has 2 aromatic carbocycles. The predicted molar refractivity (Wildman–Crippen MR) is 90.4 cm³/mol. The molecule has 0 saturated carbocycles. The molecule has 2 aromatic rings. The molecule has 2 amide bonds. The van der Waals surface area contributed by atoms with Crippen LogP contribution in [-0.4, -0.2) is 19.1 Å². The van der Waals surface area contributed by atoms with Crippen molar-refractivity contribution in [1.82, 2.24) is 0 Å². The number of carbonyl (C=O) groups excluding carboxylic acids is 1. The van der Waals surface area contributed by atoms with E-state index in [1.165, 1.54) is 5.56 Å². The quantitative estimate of drug-likeness (QED) is 0.724. The topological polar surface area (TPSA) is 23.6 Å². The minimum absolute atomic E-state index is 0.0517. The van der Waals surface area contributed by atoms with Crippen molar-refractivity contribution in [3.05, 3.63) is 57.7 Å². The molecule has 4 heteroatoms. The molecule has 0 aliphatic carbocycles. The maximum atomic E-state index is 12.6. The van der Waals surface area contributed by atoms with Crippen LogP contribution in [0.4, 0.5) is 16.2 Å². The highest BCUT2D eigenvalue weighted by atomic mass is 127. The van der Waals surface area contributed by atoms with Gasteiger partial charge in [-0.15, -0.1) is 0 Å². The lowest BCUT2D eigenvalue weighted by Gasteiger charge is -2.19. The number of rotatable bonds is 2. The third kappa shape index (κ3) is 2.52. The SMILES string of the molecule is Cc1ccc(N2CCN(c3cccc(I)c3)C2=O)cc1. The molecule has 1 aliphatic heterocycles. The number of amides is 2. The summed E-state index contributed by atoms with van der Waals surface area (Å²) in [6.07, 6.45) is 0. The number of urea groups is 1.